The fraction of sp³-hybridized carbons (Fsp3) is 0.273. The van der Waals surface area contributed by atoms with Crippen molar-refractivity contribution in [2.24, 2.45) is 0 Å². The van der Waals surface area contributed by atoms with Gasteiger partial charge in [0.05, 0.1) is 16.4 Å². The Morgan fingerprint density at radius 1 is 1.39 bits per heavy atom. The van der Waals surface area contributed by atoms with Crippen molar-refractivity contribution >= 4 is 29.0 Å². The number of Topliss-reactive ketones (excluding diaryl/α,β-unsaturated/α-hetero) is 1. The zero-order chi connectivity index (χ0) is 13.7. The maximum Gasteiger partial charge on any atom is 0.335 e. The monoisotopic (exact) mass is 271 g/mol. The number of benzene rings is 1. The molecule has 1 aromatic rings. The van der Waals surface area contributed by atoms with Crippen molar-refractivity contribution < 1.29 is 19.6 Å². The molecule has 0 saturated heterocycles. The third kappa shape index (κ3) is 3.53. The van der Waals surface area contributed by atoms with Gasteiger partial charge in [-0.2, -0.15) is 0 Å². The first-order valence-corrected chi connectivity index (χ1v) is 5.57. The van der Waals surface area contributed by atoms with Crippen LogP contribution < -0.4 is 0 Å². The van der Waals surface area contributed by atoms with Gasteiger partial charge < -0.3 is 5.11 Å². The molecule has 96 valence electrons. The minimum absolute atomic E-state index is 0.0940. The van der Waals surface area contributed by atoms with Crippen LogP contribution in [0.2, 0.25) is 0 Å². The molecular formula is C11H10ClNO5. The molecule has 0 amide bonds. The fourth-order valence-corrected chi connectivity index (χ4v) is 1.55. The van der Waals surface area contributed by atoms with Crippen LogP contribution in [0.4, 0.5) is 5.69 Å². The summed E-state index contributed by atoms with van der Waals surface area (Å²) in [5, 5.41) is 19.6. The molecule has 0 spiro atoms. The lowest BCUT2D eigenvalue weighted by Gasteiger charge is -2.03. The van der Waals surface area contributed by atoms with E-state index in [1.165, 1.54) is 12.1 Å². The van der Waals surface area contributed by atoms with Gasteiger partial charge in [-0.25, -0.2) is 4.79 Å². The molecule has 1 rings (SSSR count). The number of hydrogen-bond acceptors (Lipinski definition) is 4. The Morgan fingerprint density at radius 3 is 2.56 bits per heavy atom. The molecule has 0 heterocycles. The van der Waals surface area contributed by atoms with E-state index in [0.29, 0.717) is 5.56 Å². The number of aromatic carboxylic acids is 1. The molecule has 7 heteroatoms. The summed E-state index contributed by atoms with van der Waals surface area (Å²) in [5.74, 6) is -1.59. The van der Waals surface area contributed by atoms with Crippen molar-refractivity contribution in [1.29, 1.82) is 0 Å². The Bertz CT molecular complexity index is 500. The number of carboxylic acid groups (broad SMARTS) is 1. The second kappa shape index (κ2) is 6.11. The van der Waals surface area contributed by atoms with Gasteiger partial charge in [0.25, 0.3) is 5.69 Å². The van der Waals surface area contributed by atoms with E-state index in [0.717, 1.165) is 6.07 Å². The molecule has 0 atom stereocenters. The Labute approximate surface area is 107 Å². The lowest BCUT2D eigenvalue weighted by Crippen LogP contribution is -2.05. The number of carbonyl (C=O) groups is 2. The van der Waals surface area contributed by atoms with Gasteiger partial charge in [-0.1, -0.05) is 6.07 Å². The summed E-state index contributed by atoms with van der Waals surface area (Å²) in [4.78, 5) is 31.9. The fourth-order valence-electron chi connectivity index (χ4n) is 1.42. The van der Waals surface area contributed by atoms with E-state index in [9.17, 15) is 19.7 Å². The highest BCUT2D eigenvalue weighted by Crippen LogP contribution is 2.22. The average Bonchev–Trinajstić information content (AvgIpc) is 2.35. The maximum absolute atomic E-state index is 11.0. The number of ketones is 1. The molecule has 0 aromatic heterocycles. The van der Waals surface area contributed by atoms with Crippen molar-refractivity contribution in [1.82, 2.24) is 0 Å². The zero-order valence-electron chi connectivity index (χ0n) is 9.26. The van der Waals surface area contributed by atoms with E-state index >= 15 is 0 Å². The number of rotatable bonds is 6. The predicted octanol–water partition coefficient (Wildman–Crippen LogP) is 2.03. The third-order valence-corrected chi connectivity index (χ3v) is 2.65. The molecule has 18 heavy (non-hydrogen) atoms. The molecule has 0 unspecified atom stereocenters. The number of aryl methyl sites for hydroxylation is 1. The summed E-state index contributed by atoms with van der Waals surface area (Å²) >= 11 is 5.33. The van der Waals surface area contributed by atoms with Crippen molar-refractivity contribution in [3.05, 3.63) is 39.4 Å². The SMILES string of the molecule is O=C(CCl)CCc1ccc(C(=O)O)cc1[N+](=O)[O-]. The van der Waals surface area contributed by atoms with E-state index in [1.807, 2.05) is 0 Å². The van der Waals surface area contributed by atoms with Crippen LogP contribution in [0.1, 0.15) is 22.3 Å². The molecule has 0 aliphatic rings. The van der Waals surface area contributed by atoms with E-state index in [4.69, 9.17) is 16.7 Å². The number of carboxylic acids is 1. The predicted molar refractivity (Wildman–Crippen MR) is 64.1 cm³/mol. The first-order valence-electron chi connectivity index (χ1n) is 5.04. The number of nitro benzene ring substituents is 1. The number of halogens is 1. The molecule has 6 nitrogen and oxygen atoms in total. The number of carbonyl (C=O) groups excluding carboxylic acids is 1. The van der Waals surface area contributed by atoms with Crippen LogP contribution >= 0.6 is 11.6 Å². The van der Waals surface area contributed by atoms with Crippen molar-refractivity contribution in [3.63, 3.8) is 0 Å². The second-order valence-corrected chi connectivity index (χ2v) is 3.85. The molecule has 0 fully saturated rings. The van der Waals surface area contributed by atoms with Gasteiger partial charge in [-0.05, 0) is 12.5 Å². The number of nitro groups is 1. The van der Waals surface area contributed by atoms with Gasteiger partial charge in [-0.3, -0.25) is 14.9 Å². The molecular weight excluding hydrogens is 262 g/mol. The van der Waals surface area contributed by atoms with Crippen molar-refractivity contribution in [2.75, 3.05) is 5.88 Å². The first kappa shape index (κ1) is 14.1. The van der Waals surface area contributed by atoms with Crippen LogP contribution in [0.5, 0.6) is 0 Å². The standard InChI is InChI=1S/C11H10ClNO5/c12-6-9(14)4-3-7-1-2-8(11(15)16)5-10(7)13(17)18/h1-2,5H,3-4,6H2,(H,15,16). The molecule has 1 N–H and O–H groups in total. The van der Waals surface area contributed by atoms with Gasteiger partial charge in [0.15, 0.2) is 0 Å². The molecule has 0 bridgehead atoms. The Kier molecular flexibility index (Phi) is 4.79. The maximum atomic E-state index is 11.0. The average molecular weight is 272 g/mol. The van der Waals surface area contributed by atoms with Crippen LogP contribution in [0.15, 0.2) is 18.2 Å². The minimum Gasteiger partial charge on any atom is -0.478 e. The Morgan fingerprint density at radius 2 is 2.06 bits per heavy atom. The number of hydrogen-bond donors (Lipinski definition) is 1. The summed E-state index contributed by atoms with van der Waals surface area (Å²) in [5.41, 5.74) is -0.130. The normalized spacial score (nSPS) is 10.1. The van der Waals surface area contributed by atoms with Crippen LogP contribution in [0.25, 0.3) is 0 Å². The molecule has 0 aliphatic carbocycles. The van der Waals surface area contributed by atoms with Crippen molar-refractivity contribution in [3.8, 4) is 0 Å². The Balaban J connectivity index is 3.00. The summed E-state index contributed by atoms with van der Waals surface area (Å²) in [7, 11) is 0. The van der Waals surface area contributed by atoms with Crippen LogP contribution in [0, 0.1) is 10.1 Å². The molecule has 0 radical (unpaired) electrons. The third-order valence-electron chi connectivity index (χ3n) is 2.35. The summed E-state index contributed by atoms with van der Waals surface area (Å²) in [6.07, 6.45) is 0.262. The number of alkyl halides is 1. The van der Waals surface area contributed by atoms with Crippen molar-refractivity contribution in [2.45, 2.75) is 12.8 Å². The molecule has 0 saturated carbocycles. The quantitative estimate of drug-likeness (QED) is 0.485. The molecule has 1 aromatic carbocycles. The van der Waals surface area contributed by atoms with Crippen LogP contribution in [0.3, 0.4) is 0 Å². The van der Waals surface area contributed by atoms with Crippen LogP contribution in [-0.4, -0.2) is 27.7 Å². The minimum atomic E-state index is -1.23. The smallest absolute Gasteiger partial charge is 0.335 e. The lowest BCUT2D eigenvalue weighted by atomic mass is 10.0. The summed E-state index contributed by atoms with van der Waals surface area (Å²) < 4.78 is 0. The van der Waals surface area contributed by atoms with Gasteiger partial charge in [0.1, 0.15) is 5.78 Å². The largest absolute Gasteiger partial charge is 0.478 e. The highest BCUT2D eigenvalue weighted by atomic mass is 35.5. The zero-order valence-corrected chi connectivity index (χ0v) is 10.0. The topological polar surface area (TPSA) is 97.5 Å². The second-order valence-electron chi connectivity index (χ2n) is 3.58. The van der Waals surface area contributed by atoms with Gasteiger partial charge >= 0.3 is 5.97 Å². The number of nitrogens with zero attached hydrogens (tertiary/aromatic N) is 1. The van der Waals surface area contributed by atoms with E-state index < -0.39 is 10.9 Å². The highest BCUT2D eigenvalue weighted by Gasteiger charge is 2.17. The Hall–Kier alpha value is -1.95. The molecule has 0 aliphatic heterocycles. The summed E-state index contributed by atoms with van der Waals surface area (Å²) in [6, 6.07) is 3.61. The van der Waals surface area contributed by atoms with E-state index in [2.05, 4.69) is 0 Å². The van der Waals surface area contributed by atoms with Gasteiger partial charge in [0.2, 0.25) is 0 Å². The first-order chi connectivity index (χ1) is 8.45. The van der Waals surface area contributed by atoms with Gasteiger partial charge in [0, 0.05) is 18.1 Å². The van der Waals surface area contributed by atoms with E-state index in [-0.39, 0.29) is 35.8 Å². The van der Waals surface area contributed by atoms with Gasteiger partial charge in [-0.15, -0.1) is 11.6 Å². The lowest BCUT2D eigenvalue weighted by molar-refractivity contribution is -0.385. The summed E-state index contributed by atoms with van der Waals surface area (Å²) in [6.45, 7) is 0. The van der Waals surface area contributed by atoms with E-state index in [1.54, 1.807) is 0 Å². The van der Waals surface area contributed by atoms with Crippen LogP contribution in [-0.2, 0) is 11.2 Å². The highest BCUT2D eigenvalue weighted by molar-refractivity contribution is 6.27.